The molecule has 4 rings (SSSR count). The van der Waals surface area contributed by atoms with Crippen molar-refractivity contribution in [1.82, 2.24) is 19.7 Å². The number of carbonyl (C=O) groups excluding carboxylic acids is 1. The number of carbonyl (C=O) groups is 1. The average Bonchev–Trinajstić information content (AvgIpc) is 3.38. The number of likely N-dealkylation sites (tertiary alicyclic amines) is 1. The maximum atomic E-state index is 12.9. The highest BCUT2D eigenvalue weighted by Crippen LogP contribution is 2.21. The molecule has 0 atom stereocenters. The van der Waals surface area contributed by atoms with E-state index in [4.69, 9.17) is 5.26 Å². The molecule has 1 N–H and O–H groups in total. The molecule has 1 amide bonds. The lowest BCUT2D eigenvalue weighted by molar-refractivity contribution is 0.0792. The van der Waals surface area contributed by atoms with Gasteiger partial charge in [-0.2, -0.15) is 5.26 Å². The van der Waals surface area contributed by atoms with E-state index >= 15 is 0 Å². The molecule has 2 aromatic heterocycles. The maximum absolute atomic E-state index is 12.9. The molecule has 3 heterocycles. The van der Waals surface area contributed by atoms with E-state index in [2.05, 4.69) is 16.2 Å². The van der Waals surface area contributed by atoms with E-state index in [1.807, 2.05) is 11.8 Å². The topological polar surface area (TPSA) is 94.8 Å². The standard InChI is InChI=1S/C21H19N5O2/c1-14-10-15(11-22)4-6-17(14)18-13-24-26(21(18)28)19-7-5-16(12-23-19)20(27)25-8-2-3-9-25/h4-7,10,12-13,24H,2-3,8-9H2,1H3. The van der Waals surface area contributed by atoms with Crippen LogP contribution in [0.2, 0.25) is 0 Å². The lowest BCUT2D eigenvalue weighted by Gasteiger charge is -2.14. The van der Waals surface area contributed by atoms with Crippen LogP contribution in [0.5, 0.6) is 0 Å². The van der Waals surface area contributed by atoms with Gasteiger partial charge in [-0.3, -0.25) is 14.7 Å². The quantitative estimate of drug-likeness (QED) is 0.763. The van der Waals surface area contributed by atoms with Crippen LogP contribution in [0.15, 0.2) is 47.5 Å². The summed E-state index contributed by atoms with van der Waals surface area (Å²) in [7, 11) is 0. The smallest absolute Gasteiger partial charge is 0.280 e. The van der Waals surface area contributed by atoms with Crippen LogP contribution in [0.25, 0.3) is 16.9 Å². The molecule has 0 spiro atoms. The second-order valence-corrected chi connectivity index (χ2v) is 6.87. The number of nitrogens with zero attached hydrogens (tertiary/aromatic N) is 4. The molecule has 1 aliphatic rings. The maximum Gasteiger partial charge on any atom is 0.280 e. The van der Waals surface area contributed by atoms with Gasteiger partial charge in [0.1, 0.15) is 0 Å². The molecule has 1 fully saturated rings. The molecule has 1 aromatic carbocycles. The van der Waals surface area contributed by atoms with E-state index in [0.717, 1.165) is 37.1 Å². The summed E-state index contributed by atoms with van der Waals surface area (Å²) in [6, 6.07) is 10.7. The lowest BCUT2D eigenvalue weighted by Crippen LogP contribution is -2.27. The number of amides is 1. The second-order valence-electron chi connectivity index (χ2n) is 6.87. The Morgan fingerprint density at radius 3 is 2.61 bits per heavy atom. The van der Waals surface area contributed by atoms with E-state index in [1.165, 1.54) is 10.9 Å². The molecule has 28 heavy (non-hydrogen) atoms. The largest absolute Gasteiger partial charge is 0.339 e. The summed E-state index contributed by atoms with van der Waals surface area (Å²) in [5.74, 6) is 0.393. The Morgan fingerprint density at radius 1 is 1.18 bits per heavy atom. The molecule has 1 saturated heterocycles. The van der Waals surface area contributed by atoms with Crippen LogP contribution in [0.1, 0.15) is 34.3 Å². The third-order valence-corrected chi connectivity index (χ3v) is 5.03. The van der Waals surface area contributed by atoms with Crippen molar-refractivity contribution >= 4 is 5.91 Å². The van der Waals surface area contributed by atoms with Gasteiger partial charge in [0, 0.05) is 25.5 Å². The molecule has 0 saturated carbocycles. The van der Waals surface area contributed by atoms with Crippen LogP contribution in [0, 0.1) is 18.3 Å². The predicted octanol–water partition coefficient (Wildman–Crippen LogP) is 2.64. The number of aryl methyl sites for hydroxylation is 1. The number of benzene rings is 1. The average molecular weight is 373 g/mol. The summed E-state index contributed by atoms with van der Waals surface area (Å²) < 4.78 is 1.34. The predicted molar refractivity (Wildman–Crippen MR) is 104 cm³/mol. The van der Waals surface area contributed by atoms with Gasteiger partial charge >= 0.3 is 0 Å². The van der Waals surface area contributed by atoms with Crippen LogP contribution in [0.3, 0.4) is 0 Å². The number of aromatic nitrogens is 3. The highest BCUT2D eigenvalue weighted by Gasteiger charge is 2.20. The van der Waals surface area contributed by atoms with E-state index in [9.17, 15) is 9.59 Å². The first-order valence-electron chi connectivity index (χ1n) is 9.16. The fourth-order valence-electron chi connectivity index (χ4n) is 3.52. The van der Waals surface area contributed by atoms with Crippen LogP contribution < -0.4 is 5.56 Å². The number of nitrogens with one attached hydrogen (secondary N) is 1. The van der Waals surface area contributed by atoms with E-state index in [0.29, 0.717) is 22.5 Å². The minimum absolute atomic E-state index is 0.0238. The van der Waals surface area contributed by atoms with Gasteiger partial charge in [-0.1, -0.05) is 6.07 Å². The SMILES string of the molecule is Cc1cc(C#N)ccc1-c1c[nH]n(-c2ccc(C(=O)N3CCCC3)cn2)c1=O. The summed E-state index contributed by atoms with van der Waals surface area (Å²) in [4.78, 5) is 31.4. The Morgan fingerprint density at radius 2 is 1.96 bits per heavy atom. The lowest BCUT2D eigenvalue weighted by atomic mass is 10.0. The zero-order chi connectivity index (χ0) is 19.7. The van der Waals surface area contributed by atoms with Gasteiger partial charge in [-0.25, -0.2) is 9.67 Å². The third-order valence-electron chi connectivity index (χ3n) is 5.03. The first-order chi connectivity index (χ1) is 13.6. The minimum Gasteiger partial charge on any atom is -0.339 e. The molecule has 0 unspecified atom stereocenters. The van der Waals surface area contributed by atoms with Crippen molar-refractivity contribution in [2.75, 3.05) is 13.1 Å². The Labute approximate surface area is 161 Å². The Kier molecular flexibility index (Phi) is 4.53. The van der Waals surface area contributed by atoms with Crippen LogP contribution in [0.4, 0.5) is 0 Å². The minimum atomic E-state index is -0.237. The van der Waals surface area contributed by atoms with E-state index in [-0.39, 0.29) is 11.5 Å². The molecule has 3 aromatic rings. The highest BCUT2D eigenvalue weighted by atomic mass is 16.2. The molecule has 0 radical (unpaired) electrons. The van der Waals surface area contributed by atoms with Gasteiger partial charge in [-0.15, -0.1) is 0 Å². The van der Waals surface area contributed by atoms with E-state index in [1.54, 1.807) is 36.5 Å². The summed E-state index contributed by atoms with van der Waals surface area (Å²) in [6.07, 6.45) is 5.21. The molecular weight excluding hydrogens is 354 g/mol. The molecule has 1 aliphatic heterocycles. The number of hydrogen-bond donors (Lipinski definition) is 1. The van der Waals surface area contributed by atoms with Crippen LogP contribution >= 0.6 is 0 Å². The number of hydrogen-bond acceptors (Lipinski definition) is 4. The van der Waals surface area contributed by atoms with Crippen molar-refractivity contribution in [2.45, 2.75) is 19.8 Å². The van der Waals surface area contributed by atoms with Crippen molar-refractivity contribution < 1.29 is 4.79 Å². The fraction of sp³-hybridized carbons (Fsp3) is 0.238. The van der Waals surface area contributed by atoms with Crippen LogP contribution in [-0.4, -0.2) is 38.7 Å². The Balaban J connectivity index is 1.63. The summed E-state index contributed by atoms with van der Waals surface area (Å²) in [6.45, 7) is 3.43. The Bertz CT molecular complexity index is 1130. The molecule has 7 nitrogen and oxygen atoms in total. The molecule has 140 valence electrons. The number of H-pyrrole nitrogens is 1. The zero-order valence-electron chi connectivity index (χ0n) is 15.5. The first kappa shape index (κ1) is 17.7. The van der Waals surface area contributed by atoms with Gasteiger partial charge in [0.25, 0.3) is 11.5 Å². The molecule has 0 aliphatic carbocycles. The normalized spacial score (nSPS) is 13.5. The number of aromatic amines is 1. The van der Waals surface area contributed by atoms with Crippen molar-refractivity contribution in [2.24, 2.45) is 0 Å². The molecular formula is C21H19N5O2. The van der Waals surface area contributed by atoms with Gasteiger partial charge in [0.05, 0.1) is 22.8 Å². The summed E-state index contributed by atoms with van der Waals surface area (Å²) >= 11 is 0. The van der Waals surface area contributed by atoms with Gasteiger partial charge < -0.3 is 4.90 Å². The fourth-order valence-corrected chi connectivity index (χ4v) is 3.52. The second kappa shape index (κ2) is 7.16. The molecule has 0 bridgehead atoms. The van der Waals surface area contributed by atoms with Gasteiger partial charge in [0.15, 0.2) is 5.82 Å². The van der Waals surface area contributed by atoms with Crippen molar-refractivity contribution in [3.8, 4) is 23.0 Å². The number of rotatable bonds is 3. The summed E-state index contributed by atoms with van der Waals surface area (Å²) in [5.41, 5.74) is 2.95. The van der Waals surface area contributed by atoms with Crippen molar-refractivity contribution in [3.63, 3.8) is 0 Å². The number of nitriles is 1. The van der Waals surface area contributed by atoms with Crippen LogP contribution in [-0.2, 0) is 0 Å². The molecule has 7 heteroatoms. The van der Waals surface area contributed by atoms with Gasteiger partial charge in [0.2, 0.25) is 0 Å². The zero-order valence-corrected chi connectivity index (χ0v) is 15.5. The monoisotopic (exact) mass is 373 g/mol. The van der Waals surface area contributed by atoms with Crippen molar-refractivity contribution in [1.29, 1.82) is 5.26 Å². The number of pyridine rings is 1. The Hall–Kier alpha value is -3.66. The third kappa shape index (κ3) is 3.09. The van der Waals surface area contributed by atoms with Crippen molar-refractivity contribution in [3.05, 3.63) is 69.8 Å². The van der Waals surface area contributed by atoms with Gasteiger partial charge in [-0.05, 0) is 55.2 Å². The first-order valence-corrected chi connectivity index (χ1v) is 9.16. The highest BCUT2D eigenvalue weighted by molar-refractivity contribution is 5.94. The summed E-state index contributed by atoms with van der Waals surface area (Å²) in [5, 5.41) is 11.9. The van der Waals surface area contributed by atoms with E-state index < -0.39 is 0 Å².